The van der Waals surface area contributed by atoms with E-state index in [2.05, 4.69) is 5.32 Å². The summed E-state index contributed by atoms with van der Waals surface area (Å²) in [6, 6.07) is 0. The molecule has 2 amide bonds. The second kappa shape index (κ2) is 7.95. The molecule has 0 unspecified atom stereocenters. The van der Waals surface area contributed by atoms with Gasteiger partial charge in [0.25, 0.3) is 10.5 Å². The zero-order valence-electron chi connectivity index (χ0n) is 7.99. The van der Waals surface area contributed by atoms with Crippen LogP contribution in [0.1, 0.15) is 0 Å². The number of carbonyl (C=O) groups excluding carboxylic acids is 2. The summed E-state index contributed by atoms with van der Waals surface area (Å²) >= 11 is 2.13. The highest BCUT2D eigenvalue weighted by atomic mass is 32.2. The van der Waals surface area contributed by atoms with Gasteiger partial charge in [0.15, 0.2) is 0 Å². The van der Waals surface area contributed by atoms with Crippen molar-refractivity contribution >= 4 is 34.0 Å². The summed E-state index contributed by atoms with van der Waals surface area (Å²) in [7, 11) is 1.82. The lowest BCUT2D eigenvalue weighted by molar-refractivity contribution is 0.266. The first-order valence-electron chi connectivity index (χ1n) is 4.05. The van der Waals surface area contributed by atoms with Crippen LogP contribution in [0.15, 0.2) is 0 Å². The highest BCUT2D eigenvalue weighted by molar-refractivity contribution is 8.14. The zero-order chi connectivity index (χ0) is 11.0. The van der Waals surface area contributed by atoms with Crippen LogP contribution >= 0.6 is 23.5 Å². The molecule has 14 heavy (non-hydrogen) atoms. The Bertz CT molecular complexity index is 183. The molecule has 5 N–H and O–H groups in total. The largest absolute Gasteiger partial charge is 0.361 e. The van der Waals surface area contributed by atoms with Gasteiger partial charge in [-0.05, 0) is 19.5 Å². The minimum atomic E-state index is -0.393. The molecule has 0 aromatic carbocycles. The van der Waals surface area contributed by atoms with Crippen LogP contribution in [0.5, 0.6) is 0 Å². The molecule has 82 valence electrons. The van der Waals surface area contributed by atoms with Gasteiger partial charge in [-0.1, -0.05) is 23.5 Å². The van der Waals surface area contributed by atoms with Crippen LogP contribution < -0.4 is 16.8 Å². The number of rotatable bonds is 6. The first kappa shape index (κ1) is 13.6. The van der Waals surface area contributed by atoms with Crippen LogP contribution in [-0.4, -0.2) is 35.6 Å². The summed E-state index contributed by atoms with van der Waals surface area (Å²) in [5.74, 6) is 1.43. The zero-order valence-corrected chi connectivity index (χ0v) is 9.62. The third-order valence-electron chi connectivity index (χ3n) is 1.42. The molecule has 0 aliphatic carbocycles. The summed E-state index contributed by atoms with van der Waals surface area (Å²) in [5, 5.41) is 2.20. The number of nitrogens with one attached hydrogen (secondary N) is 1. The van der Waals surface area contributed by atoms with Crippen molar-refractivity contribution in [1.29, 1.82) is 0 Å². The Morgan fingerprint density at radius 3 is 1.93 bits per heavy atom. The molecule has 0 aliphatic heterocycles. The van der Waals surface area contributed by atoms with Gasteiger partial charge >= 0.3 is 0 Å². The standard InChI is InChI=1S/C7H15N3O2S2/c1-10-2-5(3-13-6(8)11)4-14-7(9)12/h5,10H,2-4H2,1H3,(H2,8,11)(H2,9,12). The third kappa shape index (κ3) is 8.21. The van der Waals surface area contributed by atoms with E-state index in [1.807, 2.05) is 7.05 Å². The van der Waals surface area contributed by atoms with Crippen molar-refractivity contribution in [2.45, 2.75) is 0 Å². The fraction of sp³-hybridized carbons (Fsp3) is 0.714. The van der Waals surface area contributed by atoms with E-state index >= 15 is 0 Å². The molecule has 0 aliphatic rings. The summed E-state index contributed by atoms with van der Waals surface area (Å²) in [4.78, 5) is 21.0. The summed E-state index contributed by atoms with van der Waals surface area (Å²) in [6.07, 6.45) is 0. The van der Waals surface area contributed by atoms with E-state index in [0.717, 1.165) is 30.1 Å². The summed E-state index contributed by atoms with van der Waals surface area (Å²) in [5.41, 5.74) is 10.00. The van der Waals surface area contributed by atoms with Gasteiger partial charge in [0, 0.05) is 11.5 Å². The van der Waals surface area contributed by atoms with Gasteiger partial charge in [-0.15, -0.1) is 0 Å². The maximum Gasteiger partial charge on any atom is 0.276 e. The van der Waals surface area contributed by atoms with E-state index in [1.165, 1.54) is 0 Å². The van der Waals surface area contributed by atoms with Crippen molar-refractivity contribution in [1.82, 2.24) is 5.32 Å². The minimum absolute atomic E-state index is 0.218. The molecule has 7 heteroatoms. The normalized spacial score (nSPS) is 10.4. The van der Waals surface area contributed by atoms with Crippen LogP contribution in [-0.2, 0) is 0 Å². The van der Waals surface area contributed by atoms with Crippen LogP contribution in [0.25, 0.3) is 0 Å². The van der Waals surface area contributed by atoms with Crippen LogP contribution in [0.3, 0.4) is 0 Å². The Hall–Kier alpha value is -0.400. The fourth-order valence-electron chi connectivity index (χ4n) is 0.855. The average molecular weight is 237 g/mol. The number of thioether (sulfide) groups is 2. The predicted molar refractivity (Wildman–Crippen MR) is 61.5 cm³/mol. The van der Waals surface area contributed by atoms with E-state index in [-0.39, 0.29) is 5.92 Å². The lowest BCUT2D eigenvalue weighted by Gasteiger charge is -2.13. The van der Waals surface area contributed by atoms with Gasteiger partial charge < -0.3 is 16.8 Å². The fourth-order valence-corrected chi connectivity index (χ4v) is 2.28. The Balaban J connectivity index is 3.76. The SMILES string of the molecule is CNCC(CSC(N)=O)CSC(N)=O. The Labute approximate surface area is 91.7 Å². The first-order chi connectivity index (χ1) is 6.56. The van der Waals surface area contributed by atoms with Crippen molar-refractivity contribution < 1.29 is 9.59 Å². The van der Waals surface area contributed by atoms with Gasteiger partial charge in [0.2, 0.25) is 0 Å². The van der Waals surface area contributed by atoms with E-state index in [0.29, 0.717) is 11.5 Å². The van der Waals surface area contributed by atoms with Gasteiger partial charge in [-0.2, -0.15) is 0 Å². The second-order valence-corrected chi connectivity index (χ2v) is 4.73. The number of carbonyl (C=O) groups is 2. The van der Waals surface area contributed by atoms with Gasteiger partial charge in [0.05, 0.1) is 0 Å². The quantitative estimate of drug-likeness (QED) is 0.623. The molecule has 0 bridgehead atoms. The maximum absolute atomic E-state index is 10.5. The third-order valence-corrected chi connectivity index (χ3v) is 3.26. The minimum Gasteiger partial charge on any atom is -0.361 e. The first-order valence-corrected chi connectivity index (χ1v) is 6.02. The Morgan fingerprint density at radius 2 is 1.64 bits per heavy atom. The molecular formula is C7H15N3O2S2. The Kier molecular flexibility index (Phi) is 7.73. The van der Waals surface area contributed by atoms with E-state index in [4.69, 9.17) is 11.5 Å². The number of hydrogen-bond acceptors (Lipinski definition) is 5. The molecule has 0 saturated heterocycles. The lowest BCUT2D eigenvalue weighted by atomic mass is 10.2. The molecule has 0 aromatic heterocycles. The summed E-state index contributed by atoms with van der Waals surface area (Å²) in [6.45, 7) is 0.737. The lowest BCUT2D eigenvalue weighted by Crippen LogP contribution is -2.25. The van der Waals surface area contributed by atoms with Crippen molar-refractivity contribution in [3.05, 3.63) is 0 Å². The van der Waals surface area contributed by atoms with Crippen molar-refractivity contribution in [2.24, 2.45) is 17.4 Å². The van der Waals surface area contributed by atoms with Crippen LogP contribution in [0.4, 0.5) is 9.59 Å². The molecule has 0 radical (unpaired) electrons. The smallest absolute Gasteiger partial charge is 0.276 e. The van der Waals surface area contributed by atoms with Crippen molar-refractivity contribution in [2.75, 3.05) is 25.1 Å². The van der Waals surface area contributed by atoms with Crippen LogP contribution in [0, 0.1) is 5.92 Å². The molecule has 0 aromatic rings. The maximum atomic E-state index is 10.5. The molecule has 0 heterocycles. The van der Waals surface area contributed by atoms with Gasteiger partial charge in [-0.3, -0.25) is 9.59 Å². The van der Waals surface area contributed by atoms with Crippen LogP contribution in [0.2, 0.25) is 0 Å². The van der Waals surface area contributed by atoms with Crippen molar-refractivity contribution in [3.63, 3.8) is 0 Å². The van der Waals surface area contributed by atoms with E-state index < -0.39 is 10.5 Å². The number of nitrogens with two attached hydrogens (primary N) is 2. The van der Waals surface area contributed by atoms with Gasteiger partial charge in [-0.25, -0.2) is 0 Å². The van der Waals surface area contributed by atoms with Gasteiger partial charge in [0.1, 0.15) is 0 Å². The molecule has 0 fully saturated rings. The highest BCUT2D eigenvalue weighted by Gasteiger charge is 2.11. The average Bonchev–Trinajstić information content (AvgIpc) is 2.09. The highest BCUT2D eigenvalue weighted by Crippen LogP contribution is 2.14. The monoisotopic (exact) mass is 237 g/mol. The summed E-state index contributed by atoms with van der Waals surface area (Å²) < 4.78 is 0. The topological polar surface area (TPSA) is 98.2 Å². The molecular weight excluding hydrogens is 222 g/mol. The number of amides is 2. The number of hydrogen-bond donors (Lipinski definition) is 3. The molecule has 0 spiro atoms. The number of primary amides is 2. The van der Waals surface area contributed by atoms with E-state index in [9.17, 15) is 9.59 Å². The Morgan fingerprint density at radius 1 is 1.21 bits per heavy atom. The molecule has 0 atom stereocenters. The molecule has 0 rings (SSSR count). The van der Waals surface area contributed by atoms with Crippen molar-refractivity contribution in [3.8, 4) is 0 Å². The predicted octanol–water partition coefficient (Wildman–Crippen LogP) is 0.446. The molecule has 0 saturated carbocycles. The second-order valence-electron chi connectivity index (χ2n) is 2.68. The van der Waals surface area contributed by atoms with E-state index in [1.54, 1.807) is 0 Å². The molecule has 5 nitrogen and oxygen atoms in total.